The molecule has 0 fully saturated rings. The van der Waals surface area contributed by atoms with Crippen LogP contribution in [-0.2, 0) is 45.8 Å². The number of unbranched alkanes of at least 4 members (excludes halogenated alkanes) is 1. The van der Waals surface area contributed by atoms with Gasteiger partial charge in [-0.15, -0.1) is 5.11 Å². The molecule has 17 heteroatoms. The highest BCUT2D eigenvalue weighted by Gasteiger charge is 2.25. The largest absolute Gasteiger partial charge is 0.489 e. The van der Waals surface area contributed by atoms with E-state index in [-0.39, 0.29) is 59.5 Å². The maximum Gasteiger partial charge on any atom is 0.326 e. The lowest BCUT2D eigenvalue weighted by Crippen LogP contribution is -2.42. The molecule has 4 aromatic carbocycles. The van der Waals surface area contributed by atoms with Crippen molar-refractivity contribution in [3.05, 3.63) is 155 Å². The summed E-state index contributed by atoms with van der Waals surface area (Å²) in [5.41, 5.74) is 3.29. The molecule has 0 saturated heterocycles. The summed E-state index contributed by atoms with van der Waals surface area (Å²) in [4.78, 5) is 58.0. The molecule has 63 heavy (non-hydrogen) atoms. The number of benzene rings is 4. The summed E-state index contributed by atoms with van der Waals surface area (Å²) in [6.07, 6.45) is 2.79. The molecule has 0 spiro atoms. The van der Waals surface area contributed by atoms with Gasteiger partial charge in [0.25, 0.3) is 21.9 Å². The van der Waals surface area contributed by atoms with E-state index in [0.29, 0.717) is 49.1 Å². The molecule has 6 rings (SSSR count). The Bertz CT molecular complexity index is 2670. The molecule has 0 radical (unpaired) electrons. The summed E-state index contributed by atoms with van der Waals surface area (Å²) < 4.78 is 40.2. The quantitative estimate of drug-likeness (QED) is 0.0343. The standard InChI is InChI=1S/C46H47N7O9S/c1-52(25-23-32-12-4-2-5-13-32)43(54)30-53-39-21-20-37(62-31-33-14-6-3-7-15-33)26-36(39)27-40(53)45(56)50-38(46(57)58)17-10-11-24-47-44(55)35-19-22-42(48-28-35)51-49-29-34-16-8-9-18-41(34)63(59,60)61/h2-9,12-16,18-22,26-28,38H,10-11,17,23-25,29-31H2,1H3,(H,47,55)(H,50,56)(H,57,58)(H,59,60,61). The number of hydrogen-bond acceptors (Lipinski definition) is 10. The lowest BCUT2D eigenvalue weighted by molar-refractivity contribution is -0.139. The minimum Gasteiger partial charge on any atom is -0.489 e. The van der Waals surface area contributed by atoms with Gasteiger partial charge < -0.3 is 29.9 Å². The van der Waals surface area contributed by atoms with Gasteiger partial charge in [0.05, 0.1) is 17.0 Å². The zero-order chi connectivity index (χ0) is 44.8. The minimum atomic E-state index is -4.43. The number of carbonyl (C=O) groups is 4. The number of nitrogens with one attached hydrogen (secondary N) is 2. The first-order valence-corrected chi connectivity index (χ1v) is 21.6. The third-order valence-electron chi connectivity index (χ3n) is 10.1. The van der Waals surface area contributed by atoms with Gasteiger partial charge in [0, 0.05) is 37.2 Å². The van der Waals surface area contributed by atoms with Gasteiger partial charge in [0.1, 0.15) is 30.6 Å². The molecule has 3 amide bonds. The number of azo groups is 1. The van der Waals surface area contributed by atoms with Crippen molar-refractivity contribution in [1.82, 2.24) is 25.1 Å². The summed E-state index contributed by atoms with van der Waals surface area (Å²) in [5, 5.41) is 24.0. The van der Waals surface area contributed by atoms with Crippen LogP contribution in [0.25, 0.3) is 10.9 Å². The fraction of sp³-hybridized carbons (Fsp3) is 0.239. The van der Waals surface area contributed by atoms with E-state index < -0.39 is 33.9 Å². The van der Waals surface area contributed by atoms with Crippen molar-refractivity contribution < 1.29 is 42.0 Å². The first-order chi connectivity index (χ1) is 30.4. The molecule has 0 aliphatic rings. The summed E-state index contributed by atoms with van der Waals surface area (Å²) >= 11 is 0. The second kappa shape index (κ2) is 21.5. The Morgan fingerprint density at radius 3 is 2.27 bits per heavy atom. The first kappa shape index (κ1) is 45.3. The lowest BCUT2D eigenvalue weighted by atomic mass is 10.1. The number of carboxylic acid groups (broad SMARTS) is 1. The third-order valence-corrected chi connectivity index (χ3v) is 11.1. The highest BCUT2D eigenvalue weighted by atomic mass is 32.2. The van der Waals surface area contributed by atoms with Crippen LogP contribution in [0.2, 0.25) is 0 Å². The van der Waals surface area contributed by atoms with Crippen molar-refractivity contribution in [2.45, 2.75) is 56.3 Å². The maximum atomic E-state index is 13.9. The van der Waals surface area contributed by atoms with Crippen molar-refractivity contribution in [1.29, 1.82) is 0 Å². The maximum absolute atomic E-state index is 13.9. The number of pyridine rings is 1. The number of ether oxygens (including phenoxy) is 1. The molecular formula is C46H47N7O9S. The van der Waals surface area contributed by atoms with Crippen molar-refractivity contribution in [3.8, 4) is 5.75 Å². The van der Waals surface area contributed by atoms with E-state index >= 15 is 0 Å². The summed E-state index contributed by atoms with van der Waals surface area (Å²) in [6.45, 7) is 0.724. The number of nitrogens with zero attached hydrogens (tertiary/aromatic N) is 5. The van der Waals surface area contributed by atoms with Crippen LogP contribution in [0.3, 0.4) is 0 Å². The normalized spacial score (nSPS) is 11.9. The third kappa shape index (κ3) is 12.9. The molecule has 326 valence electrons. The Hall–Kier alpha value is -7.24. The monoisotopic (exact) mass is 873 g/mol. The molecule has 0 aliphatic carbocycles. The molecule has 0 bridgehead atoms. The van der Waals surface area contributed by atoms with Gasteiger partial charge >= 0.3 is 5.97 Å². The Morgan fingerprint density at radius 1 is 0.857 bits per heavy atom. The molecule has 2 aromatic heterocycles. The number of carbonyl (C=O) groups excluding carboxylic acids is 3. The zero-order valence-electron chi connectivity index (χ0n) is 34.5. The van der Waals surface area contributed by atoms with Crippen LogP contribution in [-0.4, -0.2) is 82.4 Å². The minimum absolute atomic E-state index is 0.0752. The average Bonchev–Trinajstić information content (AvgIpc) is 3.64. The van der Waals surface area contributed by atoms with Crippen LogP contribution >= 0.6 is 0 Å². The number of likely N-dealkylation sites (N-methyl/N-ethyl adjacent to an activating group) is 1. The van der Waals surface area contributed by atoms with Crippen LogP contribution < -0.4 is 15.4 Å². The van der Waals surface area contributed by atoms with Crippen molar-refractivity contribution in [2.24, 2.45) is 10.2 Å². The molecule has 1 unspecified atom stereocenters. The van der Waals surface area contributed by atoms with Gasteiger partial charge in [-0.05, 0) is 84.8 Å². The number of aromatic nitrogens is 2. The molecule has 4 N–H and O–H groups in total. The van der Waals surface area contributed by atoms with E-state index in [9.17, 15) is 37.3 Å². The molecule has 0 saturated carbocycles. The van der Waals surface area contributed by atoms with E-state index in [1.807, 2.05) is 60.7 Å². The van der Waals surface area contributed by atoms with E-state index in [1.165, 1.54) is 36.5 Å². The Balaban J connectivity index is 1.04. The van der Waals surface area contributed by atoms with E-state index in [2.05, 4.69) is 25.8 Å². The Labute approximate surface area is 364 Å². The topological polar surface area (TPSA) is 222 Å². The van der Waals surface area contributed by atoms with E-state index in [1.54, 1.807) is 46.8 Å². The van der Waals surface area contributed by atoms with Gasteiger partial charge in [0.15, 0.2) is 5.82 Å². The Kier molecular flexibility index (Phi) is 15.5. The SMILES string of the molecule is CN(CCc1ccccc1)C(=O)Cn1c(C(=O)NC(CCCCNC(=O)c2ccc(N=NCc3ccccc3S(=O)(=O)O)nc2)C(=O)O)cc2cc(OCc3ccccc3)ccc21. The average molecular weight is 874 g/mol. The van der Waals surface area contributed by atoms with Gasteiger partial charge in [0.2, 0.25) is 5.91 Å². The second-order valence-electron chi connectivity index (χ2n) is 14.7. The molecule has 6 aromatic rings. The predicted octanol–water partition coefficient (Wildman–Crippen LogP) is 6.63. The highest BCUT2D eigenvalue weighted by molar-refractivity contribution is 7.85. The molecule has 1 atom stereocenters. The second-order valence-corrected chi connectivity index (χ2v) is 16.1. The molecule has 16 nitrogen and oxygen atoms in total. The van der Waals surface area contributed by atoms with Gasteiger partial charge in [-0.3, -0.25) is 18.9 Å². The number of carboxylic acids is 1. The fourth-order valence-corrected chi connectivity index (χ4v) is 7.39. The van der Waals surface area contributed by atoms with Crippen molar-refractivity contribution in [2.75, 3.05) is 20.1 Å². The summed E-state index contributed by atoms with van der Waals surface area (Å²) in [5.74, 6) is -1.79. The van der Waals surface area contributed by atoms with E-state index in [4.69, 9.17) is 4.74 Å². The van der Waals surface area contributed by atoms with Crippen LogP contribution in [0.1, 0.15) is 56.8 Å². The number of fused-ring (bicyclic) bond motifs is 1. The predicted molar refractivity (Wildman–Crippen MR) is 234 cm³/mol. The number of amides is 3. The summed E-state index contributed by atoms with van der Waals surface area (Å²) in [7, 11) is -2.72. The molecular weight excluding hydrogens is 827 g/mol. The van der Waals surface area contributed by atoms with Gasteiger partial charge in [-0.2, -0.15) is 13.5 Å². The molecule has 0 aliphatic heterocycles. The van der Waals surface area contributed by atoms with Crippen LogP contribution in [0.4, 0.5) is 5.82 Å². The van der Waals surface area contributed by atoms with Crippen molar-refractivity contribution in [3.63, 3.8) is 0 Å². The summed E-state index contributed by atoms with van der Waals surface area (Å²) in [6, 6.07) is 34.0. The number of aliphatic carboxylic acids is 1. The first-order valence-electron chi connectivity index (χ1n) is 20.1. The number of rotatable bonds is 21. The van der Waals surface area contributed by atoms with Gasteiger partial charge in [-0.25, -0.2) is 9.78 Å². The molecule has 2 heterocycles. The highest BCUT2D eigenvalue weighted by Crippen LogP contribution is 2.26. The van der Waals surface area contributed by atoms with Gasteiger partial charge in [-0.1, -0.05) is 78.9 Å². The van der Waals surface area contributed by atoms with Crippen LogP contribution in [0.15, 0.2) is 143 Å². The number of hydrogen-bond donors (Lipinski definition) is 4. The van der Waals surface area contributed by atoms with Crippen molar-refractivity contribution >= 4 is 50.5 Å². The fourth-order valence-electron chi connectivity index (χ4n) is 6.68. The smallest absolute Gasteiger partial charge is 0.326 e. The lowest BCUT2D eigenvalue weighted by Gasteiger charge is -2.20. The Morgan fingerprint density at radius 2 is 1.57 bits per heavy atom. The van der Waals surface area contributed by atoms with E-state index in [0.717, 1.165) is 11.1 Å². The van der Waals surface area contributed by atoms with Crippen LogP contribution in [0.5, 0.6) is 5.75 Å². The zero-order valence-corrected chi connectivity index (χ0v) is 35.3. The van der Waals surface area contributed by atoms with Crippen LogP contribution in [0, 0.1) is 0 Å².